The minimum absolute atomic E-state index is 0.163. The number of aryl methyl sites for hydroxylation is 2. The second-order valence-electron chi connectivity index (χ2n) is 6.68. The summed E-state index contributed by atoms with van der Waals surface area (Å²) in [6.45, 7) is 7.71. The third-order valence-corrected chi connectivity index (χ3v) is 5.40. The number of likely N-dealkylation sites (tertiary alicyclic amines) is 1. The van der Waals surface area contributed by atoms with E-state index in [-0.39, 0.29) is 5.91 Å². The number of hydrogen-bond donors (Lipinski definition) is 0. The maximum atomic E-state index is 12.5. The van der Waals surface area contributed by atoms with Gasteiger partial charge in [0, 0.05) is 37.2 Å². The Morgan fingerprint density at radius 3 is 2.96 bits per heavy atom. The van der Waals surface area contributed by atoms with E-state index in [1.165, 1.54) is 5.01 Å². The van der Waals surface area contributed by atoms with Crippen molar-refractivity contribution in [3.63, 3.8) is 0 Å². The Bertz CT molecular complexity index is 694. The first-order valence-corrected chi connectivity index (χ1v) is 9.43. The van der Waals surface area contributed by atoms with Crippen molar-refractivity contribution in [2.75, 3.05) is 13.1 Å². The van der Waals surface area contributed by atoms with E-state index in [1.54, 1.807) is 18.3 Å². The lowest BCUT2D eigenvalue weighted by Crippen LogP contribution is -2.39. The fourth-order valence-corrected chi connectivity index (χ4v) is 4.08. The van der Waals surface area contributed by atoms with Gasteiger partial charge in [-0.15, -0.1) is 11.3 Å². The Labute approximate surface area is 146 Å². The van der Waals surface area contributed by atoms with Gasteiger partial charge in [-0.1, -0.05) is 19.0 Å². The Kier molecular flexibility index (Phi) is 5.28. The number of carbonyl (C=O) groups is 1. The van der Waals surface area contributed by atoms with Crippen molar-refractivity contribution in [1.29, 1.82) is 0 Å². The van der Waals surface area contributed by atoms with Gasteiger partial charge >= 0.3 is 0 Å². The summed E-state index contributed by atoms with van der Waals surface area (Å²) in [5, 5.41) is 7.08. The number of rotatable bonds is 5. The van der Waals surface area contributed by atoms with Gasteiger partial charge in [0.2, 0.25) is 11.8 Å². The molecule has 0 N–H and O–H groups in total. The molecule has 0 unspecified atom stereocenters. The van der Waals surface area contributed by atoms with Crippen LogP contribution < -0.4 is 0 Å². The average molecular weight is 348 g/mol. The lowest BCUT2D eigenvalue weighted by Gasteiger charge is -2.31. The average Bonchev–Trinajstić information content (AvgIpc) is 3.22. The van der Waals surface area contributed by atoms with Crippen molar-refractivity contribution in [3.8, 4) is 0 Å². The molecular weight excluding hydrogens is 324 g/mol. The molecule has 6 nitrogen and oxygen atoms in total. The number of thiazole rings is 1. The molecule has 24 heavy (non-hydrogen) atoms. The van der Waals surface area contributed by atoms with Crippen LogP contribution in [0.5, 0.6) is 0 Å². The van der Waals surface area contributed by atoms with Gasteiger partial charge in [-0.05, 0) is 25.7 Å². The molecule has 7 heteroatoms. The quantitative estimate of drug-likeness (QED) is 0.829. The van der Waals surface area contributed by atoms with Crippen LogP contribution in [-0.2, 0) is 11.2 Å². The summed E-state index contributed by atoms with van der Waals surface area (Å²) in [4.78, 5) is 23.4. The van der Waals surface area contributed by atoms with Gasteiger partial charge in [-0.25, -0.2) is 4.98 Å². The molecule has 0 radical (unpaired) electrons. The van der Waals surface area contributed by atoms with Gasteiger partial charge in [0.1, 0.15) is 0 Å². The molecule has 3 rings (SSSR count). The monoisotopic (exact) mass is 348 g/mol. The van der Waals surface area contributed by atoms with Crippen LogP contribution in [0.2, 0.25) is 0 Å². The summed E-state index contributed by atoms with van der Waals surface area (Å²) in [5.41, 5.74) is 1.16. The molecule has 0 saturated carbocycles. The third-order valence-electron chi connectivity index (χ3n) is 4.38. The molecule has 1 atom stereocenters. The second kappa shape index (κ2) is 7.42. The first-order chi connectivity index (χ1) is 11.5. The van der Waals surface area contributed by atoms with Gasteiger partial charge in [-0.3, -0.25) is 4.79 Å². The molecule has 0 spiro atoms. The van der Waals surface area contributed by atoms with Crippen LogP contribution in [-0.4, -0.2) is 39.0 Å². The van der Waals surface area contributed by atoms with E-state index in [4.69, 9.17) is 9.51 Å². The molecule has 1 fully saturated rings. The molecule has 1 amide bonds. The summed E-state index contributed by atoms with van der Waals surface area (Å²) < 4.78 is 5.08. The molecule has 0 aromatic carbocycles. The minimum Gasteiger partial charge on any atom is -0.342 e. The summed E-state index contributed by atoms with van der Waals surface area (Å²) in [6, 6.07) is 0. The summed E-state index contributed by atoms with van der Waals surface area (Å²) >= 11 is 1.73. The second-order valence-corrected chi connectivity index (χ2v) is 7.57. The highest BCUT2D eigenvalue weighted by molar-refractivity contribution is 7.09. The molecule has 3 heterocycles. The fraction of sp³-hybridized carbons (Fsp3) is 0.647. The van der Waals surface area contributed by atoms with Crippen molar-refractivity contribution in [2.24, 2.45) is 0 Å². The number of hydrogen-bond acceptors (Lipinski definition) is 6. The van der Waals surface area contributed by atoms with E-state index in [1.807, 2.05) is 4.90 Å². The molecule has 1 saturated heterocycles. The zero-order valence-electron chi connectivity index (χ0n) is 14.5. The van der Waals surface area contributed by atoms with Gasteiger partial charge < -0.3 is 9.42 Å². The van der Waals surface area contributed by atoms with Crippen molar-refractivity contribution in [1.82, 2.24) is 20.0 Å². The first-order valence-electron chi connectivity index (χ1n) is 8.55. The van der Waals surface area contributed by atoms with E-state index >= 15 is 0 Å². The standard InChI is InChI=1S/C17H24N4O2S/c1-11(2)14-10-24-17(19-14)13-5-4-8-21(9-13)16(22)7-6-15-18-12(3)20-23-15/h10-11,13H,4-9H2,1-3H3/t13-/m1/s1. The summed E-state index contributed by atoms with van der Waals surface area (Å²) in [7, 11) is 0. The SMILES string of the molecule is Cc1noc(CCC(=O)N2CCC[C@@H](c3nc(C(C)C)cs3)C2)n1. The van der Waals surface area contributed by atoms with Crippen LogP contribution in [0.15, 0.2) is 9.90 Å². The van der Waals surface area contributed by atoms with Crippen molar-refractivity contribution in [2.45, 2.75) is 58.3 Å². The van der Waals surface area contributed by atoms with Gasteiger partial charge in [-0.2, -0.15) is 4.98 Å². The Hall–Kier alpha value is -1.76. The van der Waals surface area contributed by atoms with Gasteiger partial charge in [0.15, 0.2) is 5.82 Å². The largest absolute Gasteiger partial charge is 0.342 e. The number of carbonyl (C=O) groups excluding carboxylic acids is 1. The van der Waals surface area contributed by atoms with Crippen LogP contribution in [0.4, 0.5) is 0 Å². The van der Waals surface area contributed by atoms with E-state index in [2.05, 4.69) is 29.4 Å². The molecule has 1 aliphatic heterocycles. The topological polar surface area (TPSA) is 72.1 Å². The van der Waals surface area contributed by atoms with Gasteiger partial charge in [0.05, 0.1) is 10.7 Å². The minimum atomic E-state index is 0.163. The van der Waals surface area contributed by atoms with Crippen LogP contribution in [0.3, 0.4) is 0 Å². The molecule has 2 aromatic rings. The van der Waals surface area contributed by atoms with E-state index in [0.717, 1.165) is 31.6 Å². The number of aromatic nitrogens is 3. The lowest BCUT2D eigenvalue weighted by atomic mass is 9.98. The normalized spacial score (nSPS) is 18.3. The fourth-order valence-electron chi connectivity index (χ4n) is 2.97. The third kappa shape index (κ3) is 4.01. The molecular formula is C17H24N4O2S. The Morgan fingerprint density at radius 1 is 1.46 bits per heavy atom. The van der Waals surface area contributed by atoms with Crippen LogP contribution in [0, 0.1) is 6.92 Å². The summed E-state index contributed by atoms with van der Waals surface area (Å²) in [6.07, 6.45) is 3.07. The molecule has 130 valence electrons. The van der Waals surface area contributed by atoms with Crippen molar-refractivity contribution >= 4 is 17.2 Å². The maximum absolute atomic E-state index is 12.5. The van der Waals surface area contributed by atoms with Crippen LogP contribution >= 0.6 is 11.3 Å². The molecule has 0 aliphatic carbocycles. The Morgan fingerprint density at radius 2 is 2.29 bits per heavy atom. The highest BCUT2D eigenvalue weighted by atomic mass is 32.1. The zero-order valence-corrected chi connectivity index (χ0v) is 15.3. The molecule has 2 aromatic heterocycles. The first kappa shape index (κ1) is 17.1. The Balaban J connectivity index is 1.56. The maximum Gasteiger partial charge on any atom is 0.227 e. The molecule has 1 aliphatic rings. The van der Waals surface area contributed by atoms with Gasteiger partial charge in [0.25, 0.3) is 0 Å². The smallest absolute Gasteiger partial charge is 0.227 e. The van der Waals surface area contributed by atoms with Crippen molar-refractivity contribution in [3.05, 3.63) is 27.8 Å². The van der Waals surface area contributed by atoms with Crippen molar-refractivity contribution < 1.29 is 9.32 Å². The highest BCUT2D eigenvalue weighted by Crippen LogP contribution is 2.31. The molecule has 0 bridgehead atoms. The summed E-state index contributed by atoms with van der Waals surface area (Å²) in [5.74, 6) is 2.13. The van der Waals surface area contributed by atoms with E-state index in [0.29, 0.717) is 36.4 Å². The van der Waals surface area contributed by atoms with Crippen LogP contribution in [0.1, 0.15) is 67.4 Å². The van der Waals surface area contributed by atoms with E-state index < -0.39 is 0 Å². The predicted molar refractivity (Wildman–Crippen MR) is 92.1 cm³/mol. The van der Waals surface area contributed by atoms with E-state index in [9.17, 15) is 4.79 Å². The number of piperidine rings is 1. The lowest BCUT2D eigenvalue weighted by molar-refractivity contribution is -0.132. The number of nitrogens with zero attached hydrogens (tertiary/aromatic N) is 4. The predicted octanol–water partition coefficient (Wildman–Crippen LogP) is 3.30. The number of amides is 1. The highest BCUT2D eigenvalue weighted by Gasteiger charge is 2.27. The zero-order chi connectivity index (χ0) is 17.1. The van der Waals surface area contributed by atoms with Crippen LogP contribution in [0.25, 0.3) is 0 Å².